The third-order valence-corrected chi connectivity index (χ3v) is 6.12. The highest BCUT2D eigenvalue weighted by Crippen LogP contribution is 2.26. The molecule has 4 rings (SSSR count). The SMILES string of the molecule is CC(C)c1ccc([C@@H](NC(=O)[C@@H]2CCCN2C(=O)Cc2cc[nH]n2)c2ccccc2)cc1. The van der Waals surface area contributed by atoms with Gasteiger partial charge < -0.3 is 10.2 Å². The van der Waals surface area contributed by atoms with Gasteiger partial charge in [0.05, 0.1) is 18.2 Å². The van der Waals surface area contributed by atoms with Crippen molar-refractivity contribution in [1.82, 2.24) is 20.4 Å². The van der Waals surface area contributed by atoms with Gasteiger partial charge >= 0.3 is 0 Å². The maximum atomic E-state index is 13.4. The number of nitrogens with zero attached hydrogens (tertiary/aromatic N) is 2. The largest absolute Gasteiger partial charge is 0.343 e. The van der Waals surface area contributed by atoms with Gasteiger partial charge in [-0.1, -0.05) is 68.4 Å². The summed E-state index contributed by atoms with van der Waals surface area (Å²) in [5.41, 5.74) is 4.00. The van der Waals surface area contributed by atoms with Gasteiger partial charge in [0.1, 0.15) is 6.04 Å². The zero-order valence-electron chi connectivity index (χ0n) is 18.6. The second-order valence-electron chi connectivity index (χ2n) is 8.66. The summed E-state index contributed by atoms with van der Waals surface area (Å²) in [4.78, 5) is 27.9. The Labute approximate surface area is 189 Å². The molecular formula is C26H30N4O2. The number of aromatic amines is 1. The van der Waals surface area contributed by atoms with E-state index in [-0.39, 0.29) is 24.3 Å². The van der Waals surface area contributed by atoms with Gasteiger partial charge in [0.15, 0.2) is 0 Å². The number of amides is 2. The van der Waals surface area contributed by atoms with Gasteiger partial charge in [-0.25, -0.2) is 0 Å². The number of aromatic nitrogens is 2. The molecule has 0 unspecified atom stereocenters. The molecule has 2 N–H and O–H groups in total. The summed E-state index contributed by atoms with van der Waals surface area (Å²) >= 11 is 0. The molecule has 2 heterocycles. The smallest absolute Gasteiger partial charge is 0.243 e. The van der Waals surface area contributed by atoms with Crippen LogP contribution in [0.2, 0.25) is 0 Å². The summed E-state index contributed by atoms with van der Waals surface area (Å²) in [6.45, 7) is 4.93. The topological polar surface area (TPSA) is 78.1 Å². The van der Waals surface area contributed by atoms with E-state index in [4.69, 9.17) is 0 Å². The van der Waals surface area contributed by atoms with Gasteiger partial charge in [0.25, 0.3) is 0 Å². The molecule has 166 valence electrons. The summed E-state index contributed by atoms with van der Waals surface area (Å²) in [5, 5.41) is 10.0. The Bertz CT molecular complexity index is 1030. The Morgan fingerprint density at radius 3 is 2.38 bits per heavy atom. The minimum Gasteiger partial charge on any atom is -0.343 e. The molecule has 1 aliphatic rings. The zero-order chi connectivity index (χ0) is 22.5. The molecular weight excluding hydrogens is 400 g/mol. The Balaban J connectivity index is 1.53. The number of carbonyl (C=O) groups excluding carboxylic acids is 2. The van der Waals surface area contributed by atoms with E-state index < -0.39 is 6.04 Å². The molecule has 2 aromatic carbocycles. The quantitative estimate of drug-likeness (QED) is 0.595. The molecule has 0 saturated carbocycles. The molecule has 1 aliphatic heterocycles. The molecule has 2 amide bonds. The van der Waals surface area contributed by atoms with Crippen LogP contribution in [0.15, 0.2) is 66.9 Å². The van der Waals surface area contributed by atoms with Crippen LogP contribution in [0.5, 0.6) is 0 Å². The first-order chi connectivity index (χ1) is 15.5. The first-order valence-electron chi connectivity index (χ1n) is 11.3. The van der Waals surface area contributed by atoms with Crippen LogP contribution < -0.4 is 5.32 Å². The molecule has 0 bridgehead atoms. The van der Waals surface area contributed by atoms with Crippen molar-refractivity contribution < 1.29 is 9.59 Å². The van der Waals surface area contributed by atoms with E-state index in [0.29, 0.717) is 24.6 Å². The van der Waals surface area contributed by atoms with Crippen molar-refractivity contribution in [3.63, 3.8) is 0 Å². The van der Waals surface area contributed by atoms with Crippen LogP contribution in [0.1, 0.15) is 61.0 Å². The highest BCUT2D eigenvalue weighted by atomic mass is 16.2. The lowest BCUT2D eigenvalue weighted by Gasteiger charge is -2.27. The van der Waals surface area contributed by atoms with Gasteiger partial charge in [0.2, 0.25) is 11.8 Å². The maximum Gasteiger partial charge on any atom is 0.243 e. The average molecular weight is 431 g/mol. The Hall–Kier alpha value is -3.41. The summed E-state index contributed by atoms with van der Waals surface area (Å²) < 4.78 is 0. The normalized spacial score (nSPS) is 16.8. The molecule has 0 spiro atoms. The van der Waals surface area contributed by atoms with Crippen molar-refractivity contribution in [1.29, 1.82) is 0 Å². The lowest BCUT2D eigenvalue weighted by atomic mass is 9.95. The van der Waals surface area contributed by atoms with Gasteiger partial charge in [-0.3, -0.25) is 14.7 Å². The van der Waals surface area contributed by atoms with E-state index in [9.17, 15) is 9.59 Å². The second kappa shape index (κ2) is 9.81. The number of carbonyl (C=O) groups is 2. The second-order valence-corrected chi connectivity index (χ2v) is 8.66. The van der Waals surface area contributed by atoms with E-state index >= 15 is 0 Å². The maximum absolute atomic E-state index is 13.4. The Morgan fingerprint density at radius 2 is 1.72 bits per heavy atom. The lowest BCUT2D eigenvalue weighted by molar-refractivity contribution is -0.138. The molecule has 2 atom stereocenters. The standard InChI is InChI=1S/C26H30N4O2/c1-18(2)19-10-12-21(13-11-19)25(20-7-4-3-5-8-20)28-26(32)23-9-6-16-30(23)24(31)17-22-14-15-27-29-22/h3-5,7-8,10-15,18,23,25H,6,9,16-17H2,1-2H3,(H,27,29)(H,28,32)/t23-,25-/m0/s1. The van der Waals surface area contributed by atoms with Crippen molar-refractivity contribution >= 4 is 11.8 Å². The van der Waals surface area contributed by atoms with Crippen LogP contribution in [-0.4, -0.2) is 39.5 Å². The van der Waals surface area contributed by atoms with Crippen molar-refractivity contribution in [2.75, 3.05) is 6.54 Å². The van der Waals surface area contributed by atoms with Crippen molar-refractivity contribution in [3.05, 3.63) is 89.2 Å². The number of H-pyrrole nitrogens is 1. The Morgan fingerprint density at radius 1 is 1.03 bits per heavy atom. The molecule has 0 radical (unpaired) electrons. The predicted octanol–water partition coefficient (Wildman–Crippen LogP) is 3.97. The molecule has 32 heavy (non-hydrogen) atoms. The number of benzene rings is 2. The van der Waals surface area contributed by atoms with Crippen LogP contribution in [0, 0.1) is 0 Å². The highest BCUT2D eigenvalue weighted by Gasteiger charge is 2.35. The summed E-state index contributed by atoms with van der Waals surface area (Å²) in [7, 11) is 0. The molecule has 6 heteroatoms. The lowest BCUT2D eigenvalue weighted by Crippen LogP contribution is -2.47. The van der Waals surface area contributed by atoms with E-state index in [1.165, 1.54) is 5.56 Å². The Kier molecular flexibility index (Phi) is 6.69. The minimum atomic E-state index is -0.456. The van der Waals surface area contributed by atoms with E-state index in [1.54, 1.807) is 17.2 Å². The van der Waals surface area contributed by atoms with Crippen LogP contribution in [0.4, 0.5) is 0 Å². The third kappa shape index (κ3) is 4.90. The van der Waals surface area contributed by atoms with Crippen molar-refractivity contribution in [3.8, 4) is 0 Å². The van der Waals surface area contributed by atoms with Crippen LogP contribution >= 0.6 is 0 Å². The first-order valence-corrected chi connectivity index (χ1v) is 11.3. The van der Waals surface area contributed by atoms with Crippen LogP contribution in [0.3, 0.4) is 0 Å². The van der Waals surface area contributed by atoms with Gasteiger partial charge in [0, 0.05) is 12.7 Å². The fourth-order valence-electron chi connectivity index (χ4n) is 4.30. The molecule has 6 nitrogen and oxygen atoms in total. The summed E-state index contributed by atoms with van der Waals surface area (Å²) in [6, 6.07) is 19.5. The number of nitrogens with one attached hydrogen (secondary N) is 2. The molecule has 1 fully saturated rings. The van der Waals surface area contributed by atoms with E-state index in [0.717, 1.165) is 17.5 Å². The van der Waals surface area contributed by atoms with Crippen molar-refractivity contribution in [2.45, 2.75) is 51.1 Å². The molecule has 1 aromatic heterocycles. The number of hydrogen-bond acceptors (Lipinski definition) is 3. The molecule has 3 aromatic rings. The number of hydrogen-bond donors (Lipinski definition) is 2. The summed E-state index contributed by atoms with van der Waals surface area (Å²) in [5.74, 6) is 0.272. The number of rotatable bonds is 7. The third-order valence-electron chi connectivity index (χ3n) is 6.12. The number of likely N-dealkylation sites (tertiary alicyclic amines) is 1. The fourth-order valence-corrected chi connectivity index (χ4v) is 4.30. The summed E-state index contributed by atoms with van der Waals surface area (Å²) in [6.07, 6.45) is 3.40. The minimum absolute atomic E-state index is 0.0627. The molecule has 0 aliphatic carbocycles. The van der Waals surface area contributed by atoms with E-state index in [2.05, 4.69) is 53.6 Å². The monoisotopic (exact) mass is 430 g/mol. The molecule has 1 saturated heterocycles. The zero-order valence-corrected chi connectivity index (χ0v) is 18.6. The van der Waals surface area contributed by atoms with Gasteiger partial charge in [-0.2, -0.15) is 5.10 Å². The first kappa shape index (κ1) is 21.8. The van der Waals surface area contributed by atoms with Crippen LogP contribution in [0.25, 0.3) is 0 Å². The van der Waals surface area contributed by atoms with E-state index in [1.807, 2.05) is 30.3 Å². The highest BCUT2D eigenvalue weighted by molar-refractivity contribution is 5.89. The van der Waals surface area contributed by atoms with Gasteiger partial charge in [-0.05, 0) is 41.5 Å². The predicted molar refractivity (Wildman–Crippen MR) is 124 cm³/mol. The average Bonchev–Trinajstić information content (AvgIpc) is 3.50. The van der Waals surface area contributed by atoms with Crippen LogP contribution in [-0.2, 0) is 16.0 Å². The van der Waals surface area contributed by atoms with Gasteiger partial charge in [-0.15, -0.1) is 0 Å². The fraction of sp³-hybridized carbons (Fsp3) is 0.346. The van der Waals surface area contributed by atoms with Crippen molar-refractivity contribution in [2.24, 2.45) is 0 Å².